The van der Waals surface area contributed by atoms with E-state index in [0.29, 0.717) is 0 Å². The summed E-state index contributed by atoms with van der Waals surface area (Å²) in [7, 11) is -0.983. The van der Waals surface area contributed by atoms with Crippen molar-refractivity contribution >= 4 is 38.1 Å². The van der Waals surface area contributed by atoms with Crippen molar-refractivity contribution in [1.29, 1.82) is 0 Å². The summed E-state index contributed by atoms with van der Waals surface area (Å²) in [6, 6.07) is 11.8. The van der Waals surface area contributed by atoms with Crippen LogP contribution in [0.3, 0.4) is 0 Å². The van der Waals surface area contributed by atoms with Gasteiger partial charge in [0.2, 0.25) is 5.91 Å². The van der Waals surface area contributed by atoms with Crippen LogP contribution in [0.15, 0.2) is 51.9 Å². The molecular weight excluding hydrogens is 496 g/mol. The lowest BCUT2D eigenvalue weighted by atomic mass is 10.1. The van der Waals surface area contributed by atoms with E-state index in [0.717, 1.165) is 90.4 Å². The summed E-state index contributed by atoms with van der Waals surface area (Å²) in [5.41, 5.74) is 5.03. The van der Waals surface area contributed by atoms with Gasteiger partial charge in [0, 0.05) is 74.8 Å². The summed E-state index contributed by atoms with van der Waals surface area (Å²) in [6.45, 7) is 11.5. The highest BCUT2D eigenvalue weighted by molar-refractivity contribution is 7.91. The molecule has 0 spiro atoms. The molecule has 2 aliphatic rings. The van der Waals surface area contributed by atoms with Crippen LogP contribution in [0.4, 0.5) is 11.4 Å². The van der Waals surface area contributed by atoms with Gasteiger partial charge in [-0.1, -0.05) is 12.5 Å². The number of hydrogen-bond donors (Lipinski definition) is 2. The molecule has 2 aromatic carbocycles. The maximum atomic E-state index is 14.0. The number of rotatable bonds is 6. The molecule has 0 aliphatic carbocycles. The molecule has 0 radical (unpaired) electrons. The van der Waals surface area contributed by atoms with Gasteiger partial charge >= 0.3 is 0 Å². The molecule has 0 bridgehead atoms. The first-order valence-electron chi connectivity index (χ1n) is 13.7. The Morgan fingerprint density at radius 2 is 1.74 bits per heavy atom. The molecule has 2 N–H and O–H groups in total. The monoisotopic (exact) mass is 536 g/mol. The molecule has 2 fully saturated rings. The second-order valence-corrected chi connectivity index (χ2v) is 12.8. The Bertz CT molecular complexity index is 1440. The molecule has 0 saturated carbocycles. The SMILES string of the molecule is CN=S(=O)(c1ccc2c(c1)c(C)cn2C(C)C(=O)Nc1cc(N2CCNCC2)ccc1C)N1CCCCC1. The summed E-state index contributed by atoms with van der Waals surface area (Å²) in [4.78, 5) is 16.6. The van der Waals surface area contributed by atoms with Crippen molar-refractivity contribution < 1.29 is 9.00 Å². The van der Waals surface area contributed by atoms with Crippen LogP contribution in [0.1, 0.15) is 43.4 Å². The standard InChI is InChI=1S/C29H40N6O2S/c1-21-8-9-24(33-16-12-31-13-17-33)18-27(21)32-29(36)23(3)35-20-22(2)26-19-25(10-11-28(26)35)38(37,30-4)34-14-6-5-7-15-34/h8-11,18-20,23,31H,5-7,12-17H2,1-4H3,(H,32,36). The Hall–Kier alpha value is -2.88. The van der Waals surface area contributed by atoms with Crippen LogP contribution in [0.25, 0.3) is 10.9 Å². The first kappa shape index (κ1) is 26.7. The van der Waals surface area contributed by atoms with Gasteiger partial charge in [0.05, 0.1) is 4.90 Å². The third-order valence-corrected chi connectivity index (χ3v) is 10.4. The summed E-state index contributed by atoms with van der Waals surface area (Å²) >= 11 is 0. The molecule has 1 aromatic heterocycles. The Balaban J connectivity index is 1.40. The number of piperidine rings is 1. The first-order valence-corrected chi connectivity index (χ1v) is 15.2. The third kappa shape index (κ3) is 5.07. The lowest BCUT2D eigenvalue weighted by Gasteiger charge is -2.30. The highest BCUT2D eigenvalue weighted by Crippen LogP contribution is 2.31. The van der Waals surface area contributed by atoms with E-state index in [1.54, 1.807) is 7.05 Å². The van der Waals surface area contributed by atoms with E-state index in [4.69, 9.17) is 0 Å². The zero-order chi connectivity index (χ0) is 26.9. The Labute approximate surface area is 226 Å². The fraction of sp³-hybridized carbons (Fsp3) is 0.483. The van der Waals surface area contributed by atoms with Crippen LogP contribution in [-0.2, 0) is 14.7 Å². The number of benzene rings is 2. The minimum absolute atomic E-state index is 0.0628. The number of carbonyl (C=O) groups excluding carboxylic acids is 1. The van der Waals surface area contributed by atoms with Gasteiger partial charge in [0.25, 0.3) is 0 Å². The average Bonchev–Trinajstić information content (AvgIpc) is 3.29. The summed E-state index contributed by atoms with van der Waals surface area (Å²) in [5.74, 6) is -0.0628. The smallest absolute Gasteiger partial charge is 0.247 e. The predicted molar refractivity (Wildman–Crippen MR) is 156 cm³/mol. The van der Waals surface area contributed by atoms with Gasteiger partial charge in [-0.3, -0.25) is 4.79 Å². The van der Waals surface area contributed by atoms with E-state index in [1.807, 2.05) is 54.0 Å². The molecule has 2 unspecified atom stereocenters. The van der Waals surface area contributed by atoms with E-state index < -0.39 is 16.0 Å². The molecule has 204 valence electrons. The molecule has 38 heavy (non-hydrogen) atoms. The van der Waals surface area contributed by atoms with Crippen LogP contribution in [-0.4, -0.2) is 65.3 Å². The topological polar surface area (TPSA) is 82.0 Å². The Morgan fingerprint density at radius 1 is 1.00 bits per heavy atom. The number of piperazine rings is 1. The molecule has 2 saturated heterocycles. The van der Waals surface area contributed by atoms with Crippen LogP contribution in [0, 0.1) is 13.8 Å². The third-order valence-electron chi connectivity index (χ3n) is 7.98. The number of aryl methyl sites for hydroxylation is 2. The molecule has 3 aromatic rings. The molecule has 3 heterocycles. The zero-order valence-corrected chi connectivity index (χ0v) is 23.8. The normalized spacial score (nSPS) is 19.2. The second kappa shape index (κ2) is 11.1. The van der Waals surface area contributed by atoms with E-state index in [1.165, 1.54) is 6.42 Å². The van der Waals surface area contributed by atoms with E-state index >= 15 is 0 Å². The number of carbonyl (C=O) groups is 1. The summed E-state index contributed by atoms with van der Waals surface area (Å²) < 4.78 is 22.4. The maximum absolute atomic E-state index is 14.0. The Kier molecular flexibility index (Phi) is 7.79. The number of aromatic nitrogens is 1. The van der Waals surface area contributed by atoms with E-state index in [2.05, 4.69) is 38.1 Å². The van der Waals surface area contributed by atoms with E-state index in [-0.39, 0.29) is 5.91 Å². The molecule has 2 aliphatic heterocycles. The predicted octanol–water partition coefficient (Wildman–Crippen LogP) is 4.73. The fourth-order valence-corrected chi connectivity index (χ4v) is 7.61. The van der Waals surface area contributed by atoms with Crippen molar-refractivity contribution in [3.8, 4) is 0 Å². The van der Waals surface area contributed by atoms with Gasteiger partial charge < -0.3 is 20.1 Å². The van der Waals surface area contributed by atoms with Crippen LogP contribution in [0.5, 0.6) is 0 Å². The van der Waals surface area contributed by atoms with Crippen LogP contribution in [0.2, 0.25) is 0 Å². The quantitative estimate of drug-likeness (QED) is 0.478. The molecule has 2 atom stereocenters. The minimum Gasteiger partial charge on any atom is -0.369 e. The largest absolute Gasteiger partial charge is 0.369 e. The Morgan fingerprint density at radius 3 is 2.45 bits per heavy atom. The first-order chi connectivity index (χ1) is 18.3. The number of nitrogens with one attached hydrogen (secondary N) is 2. The number of nitrogens with zero attached hydrogens (tertiary/aromatic N) is 4. The molecule has 5 rings (SSSR count). The number of anilines is 2. The maximum Gasteiger partial charge on any atom is 0.247 e. The molecule has 1 amide bonds. The van der Waals surface area contributed by atoms with Gasteiger partial charge in [0.1, 0.15) is 16.0 Å². The molecule has 9 heteroatoms. The van der Waals surface area contributed by atoms with Gasteiger partial charge in [0.15, 0.2) is 0 Å². The highest BCUT2D eigenvalue weighted by Gasteiger charge is 2.26. The minimum atomic E-state index is -2.64. The highest BCUT2D eigenvalue weighted by atomic mass is 32.2. The van der Waals surface area contributed by atoms with Gasteiger partial charge in [-0.15, -0.1) is 0 Å². The molecular formula is C29H40N6O2S. The zero-order valence-electron chi connectivity index (χ0n) is 23.0. The van der Waals surface area contributed by atoms with Crippen molar-refractivity contribution in [2.24, 2.45) is 4.36 Å². The van der Waals surface area contributed by atoms with Crippen LogP contribution < -0.4 is 15.5 Å². The summed E-state index contributed by atoms with van der Waals surface area (Å²) in [5, 5.41) is 7.57. The van der Waals surface area contributed by atoms with Crippen molar-refractivity contribution in [3.05, 3.63) is 53.7 Å². The summed E-state index contributed by atoms with van der Waals surface area (Å²) in [6.07, 6.45) is 5.30. The lowest BCUT2D eigenvalue weighted by Crippen LogP contribution is -2.43. The van der Waals surface area contributed by atoms with Crippen molar-refractivity contribution in [2.75, 3.05) is 56.5 Å². The number of fused-ring (bicyclic) bond motifs is 1. The van der Waals surface area contributed by atoms with Crippen LogP contribution >= 0.6 is 0 Å². The number of hydrogen-bond acceptors (Lipinski definition) is 5. The second-order valence-electron chi connectivity index (χ2n) is 10.5. The van der Waals surface area contributed by atoms with Crippen molar-refractivity contribution in [3.63, 3.8) is 0 Å². The molecule has 8 nitrogen and oxygen atoms in total. The average molecular weight is 537 g/mol. The van der Waals surface area contributed by atoms with Gasteiger partial charge in [-0.25, -0.2) is 12.9 Å². The fourth-order valence-electron chi connectivity index (χ4n) is 5.60. The number of amides is 1. The van der Waals surface area contributed by atoms with Gasteiger partial charge in [-0.05, 0) is 75.1 Å². The van der Waals surface area contributed by atoms with Crippen molar-refractivity contribution in [1.82, 2.24) is 14.2 Å². The van der Waals surface area contributed by atoms with Crippen molar-refractivity contribution in [2.45, 2.75) is 51.0 Å². The van der Waals surface area contributed by atoms with Gasteiger partial charge in [-0.2, -0.15) is 0 Å². The van der Waals surface area contributed by atoms with E-state index in [9.17, 15) is 9.00 Å². The lowest BCUT2D eigenvalue weighted by molar-refractivity contribution is -0.118.